The molecule has 0 atom stereocenters. The minimum Gasteiger partial charge on any atom is -0.333 e. The standard InChI is InChI=1S/C15H14FN3O2S/c16-11-7-12-9(3-4-14(20)18-12)6-13(11)19-15(21)17-8-10-2-1-5-22-10/h1-2,5-7H,3-4,8H2,(H,18,20)(H2,17,19,21). The lowest BCUT2D eigenvalue weighted by molar-refractivity contribution is -0.116. The molecule has 1 aliphatic rings. The molecule has 0 radical (unpaired) electrons. The third kappa shape index (κ3) is 3.25. The number of thiophene rings is 1. The summed E-state index contributed by atoms with van der Waals surface area (Å²) >= 11 is 1.54. The van der Waals surface area contributed by atoms with Gasteiger partial charge < -0.3 is 16.0 Å². The second-order valence-electron chi connectivity index (χ2n) is 4.92. The van der Waals surface area contributed by atoms with E-state index in [2.05, 4.69) is 16.0 Å². The van der Waals surface area contributed by atoms with E-state index in [0.717, 1.165) is 10.4 Å². The molecule has 0 bridgehead atoms. The fraction of sp³-hybridized carbons (Fsp3) is 0.200. The minimum atomic E-state index is -0.577. The lowest BCUT2D eigenvalue weighted by atomic mass is 10.0. The van der Waals surface area contributed by atoms with Crippen molar-refractivity contribution in [3.8, 4) is 0 Å². The Kier molecular flexibility index (Phi) is 4.06. The smallest absolute Gasteiger partial charge is 0.319 e. The zero-order valence-electron chi connectivity index (χ0n) is 11.6. The quantitative estimate of drug-likeness (QED) is 0.813. The summed E-state index contributed by atoms with van der Waals surface area (Å²) in [5.41, 5.74) is 1.39. The highest BCUT2D eigenvalue weighted by atomic mass is 32.1. The number of aryl methyl sites for hydroxylation is 1. The van der Waals surface area contributed by atoms with Gasteiger partial charge in [-0.05, 0) is 35.6 Å². The number of halogens is 1. The summed E-state index contributed by atoms with van der Waals surface area (Å²) in [6, 6.07) is 6.15. The molecule has 5 nitrogen and oxygen atoms in total. The molecule has 1 aromatic carbocycles. The molecule has 0 spiro atoms. The number of urea groups is 1. The number of fused-ring (bicyclic) bond motifs is 1. The number of hydrogen-bond acceptors (Lipinski definition) is 3. The first-order valence-electron chi connectivity index (χ1n) is 6.81. The Balaban J connectivity index is 1.67. The molecule has 114 valence electrons. The number of amides is 3. The van der Waals surface area contributed by atoms with Crippen molar-refractivity contribution in [2.45, 2.75) is 19.4 Å². The van der Waals surface area contributed by atoms with Crippen LogP contribution in [-0.2, 0) is 17.8 Å². The number of hydrogen-bond donors (Lipinski definition) is 3. The van der Waals surface area contributed by atoms with E-state index >= 15 is 0 Å². The summed E-state index contributed by atoms with van der Waals surface area (Å²) in [5, 5.41) is 9.71. The van der Waals surface area contributed by atoms with Gasteiger partial charge in [-0.25, -0.2) is 9.18 Å². The summed E-state index contributed by atoms with van der Waals surface area (Å²) in [5.74, 6) is -0.700. The number of anilines is 2. The lowest BCUT2D eigenvalue weighted by Crippen LogP contribution is -2.28. The summed E-state index contributed by atoms with van der Waals surface area (Å²) < 4.78 is 14.0. The van der Waals surface area contributed by atoms with Crippen LogP contribution < -0.4 is 16.0 Å². The van der Waals surface area contributed by atoms with Crippen molar-refractivity contribution in [2.75, 3.05) is 10.6 Å². The first-order valence-corrected chi connectivity index (χ1v) is 7.69. The van der Waals surface area contributed by atoms with Crippen LogP contribution in [0.5, 0.6) is 0 Å². The average Bonchev–Trinajstić information content (AvgIpc) is 2.99. The average molecular weight is 319 g/mol. The maximum Gasteiger partial charge on any atom is 0.319 e. The molecule has 1 aromatic heterocycles. The van der Waals surface area contributed by atoms with Crippen LogP contribution >= 0.6 is 11.3 Å². The number of rotatable bonds is 3. The van der Waals surface area contributed by atoms with Crippen molar-refractivity contribution < 1.29 is 14.0 Å². The molecule has 3 rings (SSSR count). The highest BCUT2D eigenvalue weighted by molar-refractivity contribution is 7.09. The molecular formula is C15H14FN3O2S. The van der Waals surface area contributed by atoms with E-state index < -0.39 is 11.8 Å². The number of nitrogens with one attached hydrogen (secondary N) is 3. The Hall–Kier alpha value is -2.41. The highest BCUT2D eigenvalue weighted by Crippen LogP contribution is 2.28. The van der Waals surface area contributed by atoms with E-state index in [-0.39, 0.29) is 11.6 Å². The molecule has 1 aliphatic heterocycles. The van der Waals surface area contributed by atoms with Gasteiger partial charge in [0.15, 0.2) is 0 Å². The van der Waals surface area contributed by atoms with Gasteiger partial charge in [0.05, 0.1) is 12.2 Å². The third-order valence-corrected chi connectivity index (χ3v) is 4.22. The first-order chi connectivity index (χ1) is 10.6. The maximum atomic E-state index is 14.0. The van der Waals surface area contributed by atoms with Crippen molar-refractivity contribution in [1.82, 2.24) is 5.32 Å². The third-order valence-electron chi connectivity index (χ3n) is 3.34. The van der Waals surface area contributed by atoms with Gasteiger partial charge in [0.25, 0.3) is 0 Å². The highest BCUT2D eigenvalue weighted by Gasteiger charge is 2.18. The maximum absolute atomic E-state index is 14.0. The Morgan fingerprint density at radius 3 is 3.00 bits per heavy atom. The monoisotopic (exact) mass is 319 g/mol. The molecule has 0 saturated carbocycles. The molecule has 0 fully saturated rings. The molecule has 0 aliphatic carbocycles. The van der Waals surface area contributed by atoms with Gasteiger partial charge in [-0.3, -0.25) is 4.79 Å². The molecule has 0 unspecified atom stereocenters. The predicted octanol–water partition coefficient (Wildman–Crippen LogP) is 3.09. The Morgan fingerprint density at radius 1 is 1.36 bits per heavy atom. The molecule has 7 heteroatoms. The zero-order valence-corrected chi connectivity index (χ0v) is 12.4. The SMILES string of the molecule is O=C1CCc2cc(NC(=O)NCc3cccs3)c(F)cc2N1. The van der Waals surface area contributed by atoms with Crippen LogP contribution in [0.3, 0.4) is 0 Å². The lowest BCUT2D eigenvalue weighted by Gasteiger charge is -2.18. The summed E-state index contributed by atoms with van der Waals surface area (Å²) in [4.78, 5) is 24.1. The van der Waals surface area contributed by atoms with Crippen LogP contribution in [0.4, 0.5) is 20.6 Å². The van der Waals surface area contributed by atoms with Crippen molar-refractivity contribution in [3.05, 3.63) is 45.9 Å². The Bertz CT molecular complexity index is 716. The van der Waals surface area contributed by atoms with Crippen molar-refractivity contribution >= 4 is 34.6 Å². The molecule has 3 amide bonds. The van der Waals surface area contributed by atoms with E-state index in [1.165, 1.54) is 17.4 Å². The number of carbonyl (C=O) groups is 2. The van der Waals surface area contributed by atoms with Gasteiger partial charge in [0, 0.05) is 17.0 Å². The minimum absolute atomic E-state index is 0.110. The van der Waals surface area contributed by atoms with Gasteiger partial charge in [-0.15, -0.1) is 11.3 Å². The van der Waals surface area contributed by atoms with Gasteiger partial charge in [0.2, 0.25) is 5.91 Å². The number of benzene rings is 1. The fourth-order valence-corrected chi connectivity index (χ4v) is 2.89. The summed E-state index contributed by atoms with van der Waals surface area (Å²) in [6.45, 7) is 0.395. The van der Waals surface area contributed by atoms with Crippen LogP contribution in [0, 0.1) is 5.82 Å². The van der Waals surface area contributed by atoms with Crippen LogP contribution in [0.25, 0.3) is 0 Å². The van der Waals surface area contributed by atoms with E-state index in [1.807, 2.05) is 17.5 Å². The predicted molar refractivity (Wildman–Crippen MR) is 83.5 cm³/mol. The van der Waals surface area contributed by atoms with Crippen LogP contribution in [-0.4, -0.2) is 11.9 Å². The first kappa shape index (κ1) is 14.5. The number of carbonyl (C=O) groups excluding carboxylic acids is 2. The van der Waals surface area contributed by atoms with Crippen LogP contribution in [0.15, 0.2) is 29.6 Å². The summed E-state index contributed by atoms with van der Waals surface area (Å²) in [7, 11) is 0. The fourth-order valence-electron chi connectivity index (χ4n) is 2.25. The normalized spacial score (nSPS) is 13.2. The van der Waals surface area contributed by atoms with Crippen molar-refractivity contribution in [2.24, 2.45) is 0 Å². The summed E-state index contributed by atoms with van der Waals surface area (Å²) in [6.07, 6.45) is 0.898. The molecular weight excluding hydrogens is 305 g/mol. The van der Waals surface area contributed by atoms with Crippen molar-refractivity contribution in [3.63, 3.8) is 0 Å². The van der Waals surface area contributed by atoms with Gasteiger partial charge in [0.1, 0.15) is 5.82 Å². The molecule has 22 heavy (non-hydrogen) atoms. The molecule has 2 heterocycles. The van der Waals surface area contributed by atoms with Gasteiger partial charge in [-0.1, -0.05) is 6.07 Å². The molecule has 2 aromatic rings. The van der Waals surface area contributed by atoms with Gasteiger partial charge >= 0.3 is 6.03 Å². The zero-order chi connectivity index (χ0) is 15.5. The second kappa shape index (κ2) is 6.15. The van der Waals surface area contributed by atoms with Crippen LogP contribution in [0.2, 0.25) is 0 Å². The second-order valence-corrected chi connectivity index (χ2v) is 5.96. The Morgan fingerprint density at radius 2 is 2.23 bits per heavy atom. The van der Waals surface area contributed by atoms with E-state index in [1.54, 1.807) is 6.07 Å². The largest absolute Gasteiger partial charge is 0.333 e. The topological polar surface area (TPSA) is 70.2 Å². The van der Waals surface area contributed by atoms with E-state index in [4.69, 9.17) is 0 Å². The van der Waals surface area contributed by atoms with E-state index in [0.29, 0.717) is 25.1 Å². The Labute approximate surface area is 130 Å². The van der Waals surface area contributed by atoms with Gasteiger partial charge in [-0.2, -0.15) is 0 Å². The van der Waals surface area contributed by atoms with Crippen LogP contribution in [0.1, 0.15) is 16.9 Å². The van der Waals surface area contributed by atoms with E-state index in [9.17, 15) is 14.0 Å². The molecule has 0 saturated heterocycles. The van der Waals surface area contributed by atoms with Crippen molar-refractivity contribution in [1.29, 1.82) is 0 Å². The molecule has 3 N–H and O–H groups in total.